The Bertz CT molecular complexity index is 1150. The normalized spacial score (nSPS) is 10.8. The number of amides is 1. The van der Waals surface area contributed by atoms with Crippen molar-refractivity contribution in [2.24, 2.45) is 0 Å². The first-order chi connectivity index (χ1) is 14.1. The Kier molecular flexibility index (Phi) is 5.29. The molecule has 0 spiro atoms. The van der Waals surface area contributed by atoms with Crippen LogP contribution in [0.5, 0.6) is 5.75 Å². The van der Waals surface area contributed by atoms with Crippen LogP contribution in [-0.4, -0.2) is 23.0 Å². The van der Waals surface area contributed by atoms with E-state index >= 15 is 0 Å². The molecule has 0 aliphatic carbocycles. The summed E-state index contributed by atoms with van der Waals surface area (Å²) in [5.41, 5.74) is 5.83. The van der Waals surface area contributed by atoms with Crippen molar-refractivity contribution in [1.29, 1.82) is 0 Å². The van der Waals surface area contributed by atoms with Gasteiger partial charge in [0.15, 0.2) is 0 Å². The second kappa shape index (κ2) is 8.19. The Morgan fingerprint density at radius 3 is 2.66 bits per heavy atom. The number of aryl methyl sites for hydroxylation is 3. The number of carbonyl (C=O) groups is 1. The Morgan fingerprint density at radius 2 is 1.86 bits per heavy atom. The fourth-order valence-electron chi connectivity index (χ4n) is 3.28. The molecule has 1 amide bonds. The predicted octanol–water partition coefficient (Wildman–Crippen LogP) is 4.92. The second-order valence-electron chi connectivity index (χ2n) is 7.09. The largest absolute Gasteiger partial charge is 0.497 e. The third kappa shape index (κ3) is 4.46. The van der Waals surface area contributed by atoms with E-state index in [4.69, 9.17) is 4.74 Å². The number of imidazole rings is 1. The van der Waals surface area contributed by atoms with Gasteiger partial charge in [0.1, 0.15) is 11.6 Å². The molecule has 146 valence electrons. The van der Waals surface area contributed by atoms with Crippen LogP contribution in [0.3, 0.4) is 0 Å². The Morgan fingerprint density at radius 1 is 1.03 bits per heavy atom. The molecule has 2 N–H and O–H groups in total. The molecule has 3 aromatic carbocycles. The third-order valence-electron chi connectivity index (χ3n) is 4.88. The molecule has 0 aliphatic heterocycles. The average Bonchev–Trinajstić information content (AvgIpc) is 3.15. The number of hydrogen-bond donors (Lipinski definition) is 2. The SMILES string of the molecule is COc1cccc(C(=O)Nc2ccc(CCc3nc4ccc(C)cc4[nH]3)cc2)c1. The van der Waals surface area contributed by atoms with Gasteiger partial charge in [-0.25, -0.2) is 4.98 Å². The van der Waals surface area contributed by atoms with Crippen molar-refractivity contribution in [3.63, 3.8) is 0 Å². The van der Waals surface area contributed by atoms with Gasteiger partial charge in [0.2, 0.25) is 0 Å². The number of rotatable bonds is 6. The van der Waals surface area contributed by atoms with Gasteiger partial charge in [-0.15, -0.1) is 0 Å². The first kappa shape index (κ1) is 18.7. The van der Waals surface area contributed by atoms with Crippen LogP contribution in [-0.2, 0) is 12.8 Å². The van der Waals surface area contributed by atoms with Crippen LogP contribution in [0.15, 0.2) is 66.7 Å². The monoisotopic (exact) mass is 385 g/mol. The van der Waals surface area contributed by atoms with Crippen molar-refractivity contribution in [2.45, 2.75) is 19.8 Å². The highest BCUT2D eigenvalue weighted by atomic mass is 16.5. The number of aromatic amines is 1. The number of aromatic nitrogens is 2. The number of ether oxygens (including phenoxy) is 1. The van der Waals surface area contributed by atoms with Gasteiger partial charge >= 0.3 is 0 Å². The number of fused-ring (bicyclic) bond motifs is 1. The predicted molar refractivity (Wildman–Crippen MR) is 116 cm³/mol. The van der Waals surface area contributed by atoms with Crippen LogP contribution in [0, 0.1) is 6.92 Å². The lowest BCUT2D eigenvalue weighted by molar-refractivity contribution is 0.102. The molecule has 4 aromatic rings. The second-order valence-corrected chi connectivity index (χ2v) is 7.09. The summed E-state index contributed by atoms with van der Waals surface area (Å²) in [5.74, 6) is 1.49. The molecule has 5 nitrogen and oxygen atoms in total. The number of anilines is 1. The molecular weight excluding hydrogens is 362 g/mol. The Hall–Kier alpha value is -3.60. The summed E-state index contributed by atoms with van der Waals surface area (Å²) in [6.45, 7) is 2.08. The number of nitrogens with zero attached hydrogens (tertiary/aromatic N) is 1. The lowest BCUT2D eigenvalue weighted by Gasteiger charge is -2.08. The van der Waals surface area contributed by atoms with Crippen LogP contribution < -0.4 is 10.1 Å². The van der Waals surface area contributed by atoms with Crippen molar-refractivity contribution in [2.75, 3.05) is 12.4 Å². The molecule has 1 aromatic heterocycles. The summed E-state index contributed by atoms with van der Waals surface area (Å²) in [4.78, 5) is 20.5. The zero-order chi connectivity index (χ0) is 20.2. The van der Waals surface area contributed by atoms with Crippen LogP contribution >= 0.6 is 0 Å². The highest BCUT2D eigenvalue weighted by Gasteiger charge is 2.08. The molecule has 0 atom stereocenters. The first-order valence-electron chi connectivity index (χ1n) is 9.60. The summed E-state index contributed by atoms with van der Waals surface area (Å²) in [5, 5.41) is 2.92. The molecule has 0 saturated carbocycles. The number of methoxy groups -OCH3 is 1. The summed E-state index contributed by atoms with van der Waals surface area (Å²) in [7, 11) is 1.59. The fourth-order valence-corrected chi connectivity index (χ4v) is 3.28. The topological polar surface area (TPSA) is 67.0 Å². The molecule has 0 unspecified atom stereocenters. The summed E-state index contributed by atoms with van der Waals surface area (Å²) in [6, 6.07) is 21.3. The maximum absolute atomic E-state index is 12.4. The molecule has 29 heavy (non-hydrogen) atoms. The minimum atomic E-state index is -0.158. The van der Waals surface area contributed by atoms with Crippen LogP contribution in [0.2, 0.25) is 0 Å². The number of benzene rings is 3. The van der Waals surface area contributed by atoms with E-state index in [1.165, 1.54) is 11.1 Å². The maximum Gasteiger partial charge on any atom is 0.255 e. The Balaban J connectivity index is 1.37. The van der Waals surface area contributed by atoms with E-state index < -0.39 is 0 Å². The van der Waals surface area contributed by atoms with Crippen molar-refractivity contribution in [1.82, 2.24) is 9.97 Å². The molecule has 4 rings (SSSR count). The highest BCUT2D eigenvalue weighted by molar-refractivity contribution is 6.04. The van der Waals surface area contributed by atoms with Crippen molar-refractivity contribution >= 4 is 22.6 Å². The average molecular weight is 385 g/mol. The number of nitrogens with one attached hydrogen (secondary N) is 2. The first-order valence-corrected chi connectivity index (χ1v) is 9.60. The fraction of sp³-hybridized carbons (Fsp3) is 0.167. The summed E-state index contributed by atoms with van der Waals surface area (Å²) < 4.78 is 5.17. The van der Waals surface area contributed by atoms with Gasteiger partial charge in [-0.1, -0.05) is 24.3 Å². The number of hydrogen-bond acceptors (Lipinski definition) is 3. The van der Waals surface area contributed by atoms with Crippen molar-refractivity contribution in [3.05, 3.63) is 89.2 Å². The zero-order valence-corrected chi connectivity index (χ0v) is 16.5. The smallest absolute Gasteiger partial charge is 0.255 e. The highest BCUT2D eigenvalue weighted by Crippen LogP contribution is 2.17. The van der Waals surface area contributed by atoms with Gasteiger partial charge in [0.25, 0.3) is 5.91 Å². The molecule has 0 radical (unpaired) electrons. The van der Waals surface area contributed by atoms with E-state index in [1.807, 2.05) is 36.4 Å². The van der Waals surface area contributed by atoms with Crippen LogP contribution in [0.1, 0.15) is 27.3 Å². The Labute approximate surface area is 169 Å². The van der Waals surface area contributed by atoms with E-state index in [2.05, 4.69) is 34.3 Å². The quantitative estimate of drug-likeness (QED) is 0.495. The van der Waals surface area contributed by atoms with Gasteiger partial charge in [-0.2, -0.15) is 0 Å². The lowest BCUT2D eigenvalue weighted by Crippen LogP contribution is -2.11. The number of carbonyl (C=O) groups excluding carboxylic acids is 1. The van der Waals surface area contributed by atoms with E-state index in [9.17, 15) is 4.79 Å². The van der Waals surface area contributed by atoms with Gasteiger partial charge in [0.05, 0.1) is 18.1 Å². The molecule has 0 fully saturated rings. The standard InChI is InChI=1S/C24H23N3O2/c1-16-6-12-21-22(14-16)27-23(26-21)13-9-17-7-10-19(11-8-17)25-24(28)18-4-3-5-20(15-18)29-2/h3-8,10-12,14-15H,9,13H2,1-2H3,(H,25,28)(H,26,27). The van der Waals surface area contributed by atoms with Gasteiger partial charge in [0, 0.05) is 17.7 Å². The van der Waals surface area contributed by atoms with E-state index in [1.54, 1.807) is 25.3 Å². The molecule has 0 aliphatic rings. The van der Waals surface area contributed by atoms with Crippen LogP contribution in [0.25, 0.3) is 11.0 Å². The van der Waals surface area contributed by atoms with E-state index in [0.717, 1.165) is 35.4 Å². The third-order valence-corrected chi connectivity index (χ3v) is 4.88. The van der Waals surface area contributed by atoms with Crippen molar-refractivity contribution < 1.29 is 9.53 Å². The maximum atomic E-state index is 12.4. The minimum absolute atomic E-state index is 0.158. The van der Waals surface area contributed by atoms with E-state index in [0.29, 0.717) is 11.3 Å². The summed E-state index contributed by atoms with van der Waals surface area (Å²) in [6.07, 6.45) is 1.71. The van der Waals surface area contributed by atoms with E-state index in [-0.39, 0.29) is 5.91 Å². The molecular formula is C24H23N3O2. The van der Waals surface area contributed by atoms with Gasteiger partial charge in [-0.05, 0) is 66.9 Å². The molecule has 0 saturated heterocycles. The van der Waals surface area contributed by atoms with Gasteiger partial charge in [-0.3, -0.25) is 4.79 Å². The van der Waals surface area contributed by atoms with Gasteiger partial charge < -0.3 is 15.0 Å². The molecule has 1 heterocycles. The van der Waals surface area contributed by atoms with Crippen LogP contribution in [0.4, 0.5) is 5.69 Å². The van der Waals surface area contributed by atoms with Crippen molar-refractivity contribution in [3.8, 4) is 5.75 Å². The lowest BCUT2D eigenvalue weighted by atomic mass is 10.1. The summed E-state index contributed by atoms with van der Waals surface area (Å²) >= 11 is 0. The molecule has 5 heteroatoms. The molecule has 0 bridgehead atoms. The minimum Gasteiger partial charge on any atom is -0.497 e. The number of H-pyrrole nitrogens is 1. The zero-order valence-electron chi connectivity index (χ0n) is 16.5.